The summed E-state index contributed by atoms with van der Waals surface area (Å²) in [6, 6.07) is 15.6. The highest BCUT2D eigenvalue weighted by Gasteiger charge is 2.43. The van der Waals surface area contributed by atoms with Crippen LogP contribution < -0.4 is 9.64 Å². The van der Waals surface area contributed by atoms with Crippen LogP contribution >= 0.6 is 23.2 Å². The summed E-state index contributed by atoms with van der Waals surface area (Å²) in [5, 5.41) is 0.993. The molecule has 0 fully saturated rings. The Hall–Kier alpha value is -3.49. The number of rotatable bonds is 4. The van der Waals surface area contributed by atoms with E-state index in [0.29, 0.717) is 21.4 Å². The molecule has 184 valence electrons. The first-order valence-electron chi connectivity index (χ1n) is 10.8. The van der Waals surface area contributed by atoms with E-state index in [4.69, 9.17) is 23.2 Å². The summed E-state index contributed by atoms with van der Waals surface area (Å²) in [6.07, 6.45) is -4.88. The number of anilines is 1. The van der Waals surface area contributed by atoms with Crippen molar-refractivity contribution in [3.05, 3.63) is 98.8 Å². The lowest BCUT2D eigenvalue weighted by Crippen LogP contribution is -2.30. The zero-order valence-corrected chi connectivity index (χ0v) is 20.5. The van der Waals surface area contributed by atoms with Crippen molar-refractivity contribution in [2.75, 3.05) is 4.90 Å². The molecular formula is C26H18Cl2F3N3O2. The fourth-order valence-corrected chi connectivity index (χ4v) is 4.84. The molecule has 1 atom stereocenters. The van der Waals surface area contributed by atoms with E-state index in [1.54, 1.807) is 35.2 Å². The van der Waals surface area contributed by atoms with Gasteiger partial charge in [-0.2, -0.15) is 0 Å². The summed E-state index contributed by atoms with van der Waals surface area (Å²) in [7, 11) is 0. The lowest BCUT2D eigenvalue weighted by atomic mass is 9.98. The number of nitrogens with zero attached hydrogens (tertiary/aromatic N) is 2. The molecule has 3 aromatic carbocycles. The first kappa shape index (κ1) is 24.2. The summed E-state index contributed by atoms with van der Waals surface area (Å²) < 4.78 is 43.2. The molecule has 4 aromatic rings. The minimum Gasteiger partial charge on any atom is -0.405 e. The standard InChI is InChI=1S/C26H18Cl2F3N3O2/c1-13-7-8-16(28)12-19(13)34-23(17-10-9-15(27)11-14(17)2)21-22(25(34)35)33-24(32-21)18-5-3-4-6-20(18)36-26(29,30)31/h3-12,23H,1-2H3,(H,32,33). The third-order valence-electron chi connectivity index (χ3n) is 6.01. The van der Waals surface area contributed by atoms with Gasteiger partial charge in [-0.05, 0) is 66.9 Å². The second-order valence-electron chi connectivity index (χ2n) is 8.40. The van der Waals surface area contributed by atoms with E-state index in [1.807, 2.05) is 26.0 Å². The lowest BCUT2D eigenvalue weighted by molar-refractivity contribution is -0.274. The molecule has 2 heterocycles. The minimum absolute atomic E-state index is 0.0779. The SMILES string of the molecule is Cc1cc(Cl)ccc1C1c2[nH]c(-c3ccccc3OC(F)(F)F)nc2C(=O)N1c1cc(Cl)ccc1C. The Morgan fingerprint density at radius 1 is 0.972 bits per heavy atom. The molecule has 0 bridgehead atoms. The predicted molar refractivity (Wildman–Crippen MR) is 132 cm³/mol. The van der Waals surface area contributed by atoms with Gasteiger partial charge in [-0.25, -0.2) is 4.98 Å². The van der Waals surface area contributed by atoms with Gasteiger partial charge in [0.15, 0.2) is 5.69 Å². The highest BCUT2D eigenvalue weighted by atomic mass is 35.5. The van der Waals surface area contributed by atoms with E-state index in [9.17, 15) is 18.0 Å². The number of amides is 1. The van der Waals surface area contributed by atoms with Gasteiger partial charge in [0.1, 0.15) is 17.6 Å². The number of imidazole rings is 1. The molecule has 5 nitrogen and oxygen atoms in total. The summed E-state index contributed by atoms with van der Waals surface area (Å²) in [5.41, 5.74) is 3.65. The number of nitrogens with one attached hydrogen (secondary N) is 1. The Balaban J connectivity index is 1.69. The smallest absolute Gasteiger partial charge is 0.405 e. The van der Waals surface area contributed by atoms with Crippen molar-refractivity contribution in [3.63, 3.8) is 0 Å². The fourth-order valence-electron chi connectivity index (χ4n) is 4.44. The van der Waals surface area contributed by atoms with Crippen molar-refractivity contribution in [1.29, 1.82) is 0 Å². The van der Waals surface area contributed by atoms with Crippen molar-refractivity contribution in [1.82, 2.24) is 9.97 Å². The number of benzene rings is 3. The zero-order valence-electron chi connectivity index (χ0n) is 19.0. The Labute approximate surface area is 214 Å². The lowest BCUT2D eigenvalue weighted by Gasteiger charge is -2.28. The van der Waals surface area contributed by atoms with E-state index < -0.39 is 24.1 Å². The molecule has 1 N–H and O–H groups in total. The second kappa shape index (κ2) is 8.87. The number of carbonyl (C=O) groups is 1. The maximum absolute atomic E-state index is 13.7. The molecule has 0 spiro atoms. The van der Waals surface area contributed by atoms with Gasteiger partial charge in [0, 0.05) is 15.7 Å². The highest BCUT2D eigenvalue weighted by Crippen LogP contribution is 2.45. The molecule has 0 aliphatic carbocycles. The Kier molecular flexibility index (Phi) is 5.97. The van der Waals surface area contributed by atoms with Gasteiger partial charge in [-0.1, -0.05) is 47.5 Å². The summed E-state index contributed by atoms with van der Waals surface area (Å²) in [4.78, 5) is 22.9. The number of ether oxygens (including phenoxy) is 1. The van der Waals surface area contributed by atoms with Crippen LogP contribution in [0.2, 0.25) is 10.0 Å². The summed E-state index contributed by atoms with van der Waals surface area (Å²) in [6.45, 7) is 3.73. The first-order valence-corrected chi connectivity index (χ1v) is 11.6. The molecule has 0 saturated heterocycles. The summed E-state index contributed by atoms with van der Waals surface area (Å²) >= 11 is 12.4. The number of halogens is 5. The van der Waals surface area contributed by atoms with Gasteiger partial charge in [0.2, 0.25) is 0 Å². The van der Waals surface area contributed by atoms with E-state index >= 15 is 0 Å². The number of aromatic amines is 1. The average Bonchev–Trinajstić information content (AvgIpc) is 3.33. The van der Waals surface area contributed by atoms with E-state index in [-0.39, 0.29) is 17.1 Å². The van der Waals surface area contributed by atoms with Crippen LogP contribution in [0.25, 0.3) is 11.4 Å². The number of fused-ring (bicyclic) bond motifs is 1. The number of aromatic nitrogens is 2. The maximum Gasteiger partial charge on any atom is 0.573 e. The van der Waals surface area contributed by atoms with Crippen LogP contribution in [-0.4, -0.2) is 22.2 Å². The first-order chi connectivity index (χ1) is 17.0. The number of alkyl halides is 3. The summed E-state index contributed by atoms with van der Waals surface area (Å²) in [5.74, 6) is -0.745. The molecule has 0 saturated carbocycles. The zero-order chi connectivity index (χ0) is 25.8. The number of para-hydroxylation sites is 1. The molecular weight excluding hydrogens is 514 g/mol. The third kappa shape index (κ3) is 4.31. The van der Waals surface area contributed by atoms with Crippen LogP contribution in [0.5, 0.6) is 5.75 Å². The molecule has 10 heteroatoms. The van der Waals surface area contributed by atoms with Crippen molar-refractivity contribution >= 4 is 34.8 Å². The van der Waals surface area contributed by atoms with Gasteiger partial charge < -0.3 is 9.72 Å². The molecule has 1 aliphatic rings. The fraction of sp³-hybridized carbons (Fsp3) is 0.154. The molecule has 1 unspecified atom stereocenters. The van der Waals surface area contributed by atoms with Crippen LogP contribution in [0.4, 0.5) is 18.9 Å². The van der Waals surface area contributed by atoms with Gasteiger partial charge in [-0.3, -0.25) is 9.69 Å². The number of H-pyrrole nitrogens is 1. The second-order valence-corrected chi connectivity index (χ2v) is 9.27. The van der Waals surface area contributed by atoms with E-state index in [2.05, 4.69) is 14.7 Å². The predicted octanol–water partition coefficient (Wildman–Crippen LogP) is 7.65. The molecule has 1 aliphatic heterocycles. The monoisotopic (exact) mass is 531 g/mol. The van der Waals surface area contributed by atoms with Gasteiger partial charge in [0.25, 0.3) is 5.91 Å². The van der Waals surface area contributed by atoms with Crippen molar-refractivity contribution in [3.8, 4) is 17.1 Å². The molecule has 36 heavy (non-hydrogen) atoms. The van der Waals surface area contributed by atoms with Gasteiger partial charge in [-0.15, -0.1) is 13.2 Å². The number of aryl methyl sites for hydroxylation is 2. The normalized spacial score (nSPS) is 15.4. The molecule has 0 radical (unpaired) electrons. The number of carbonyl (C=O) groups excluding carboxylic acids is 1. The minimum atomic E-state index is -4.88. The van der Waals surface area contributed by atoms with E-state index in [1.165, 1.54) is 18.2 Å². The Bertz CT molecular complexity index is 1500. The van der Waals surface area contributed by atoms with Crippen LogP contribution in [0.3, 0.4) is 0 Å². The topological polar surface area (TPSA) is 58.2 Å². The average molecular weight is 532 g/mol. The molecule has 1 amide bonds. The Morgan fingerprint density at radius 2 is 1.67 bits per heavy atom. The van der Waals surface area contributed by atoms with Gasteiger partial charge >= 0.3 is 6.36 Å². The van der Waals surface area contributed by atoms with Crippen LogP contribution in [0, 0.1) is 13.8 Å². The van der Waals surface area contributed by atoms with E-state index in [0.717, 1.165) is 16.7 Å². The highest BCUT2D eigenvalue weighted by molar-refractivity contribution is 6.31. The van der Waals surface area contributed by atoms with Crippen molar-refractivity contribution in [2.24, 2.45) is 0 Å². The van der Waals surface area contributed by atoms with Crippen LogP contribution in [-0.2, 0) is 0 Å². The van der Waals surface area contributed by atoms with Gasteiger partial charge in [0.05, 0.1) is 11.3 Å². The number of hydrogen-bond acceptors (Lipinski definition) is 3. The van der Waals surface area contributed by atoms with Crippen LogP contribution in [0.1, 0.15) is 38.9 Å². The number of hydrogen-bond donors (Lipinski definition) is 1. The Morgan fingerprint density at radius 3 is 2.39 bits per heavy atom. The maximum atomic E-state index is 13.7. The van der Waals surface area contributed by atoms with Crippen molar-refractivity contribution in [2.45, 2.75) is 26.3 Å². The largest absolute Gasteiger partial charge is 0.573 e. The quantitative estimate of drug-likeness (QED) is 0.294. The van der Waals surface area contributed by atoms with Crippen molar-refractivity contribution < 1.29 is 22.7 Å². The molecule has 5 rings (SSSR count). The third-order valence-corrected chi connectivity index (χ3v) is 6.48. The van der Waals surface area contributed by atoms with Crippen LogP contribution in [0.15, 0.2) is 60.7 Å². The molecule has 1 aromatic heterocycles.